The molecule has 1 atom stereocenters. The summed E-state index contributed by atoms with van der Waals surface area (Å²) in [5.41, 5.74) is 2.30. The first kappa shape index (κ1) is 30.6. The van der Waals surface area contributed by atoms with Crippen LogP contribution >= 0.6 is 11.6 Å². The van der Waals surface area contributed by atoms with E-state index in [0.717, 1.165) is 23.2 Å². The highest BCUT2D eigenvalue weighted by Crippen LogP contribution is 2.30. The highest BCUT2D eigenvalue weighted by Gasteiger charge is 2.30. The molecule has 0 saturated heterocycles. The molecule has 4 aromatic rings. The van der Waals surface area contributed by atoms with Crippen LogP contribution in [0.25, 0.3) is 10.9 Å². The first-order chi connectivity index (χ1) is 19.7. The van der Waals surface area contributed by atoms with Gasteiger partial charge >= 0.3 is 6.18 Å². The molecule has 0 bridgehead atoms. The van der Waals surface area contributed by atoms with Crippen LogP contribution in [0.2, 0.25) is 5.02 Å². The van der Waals surface area contributed by atoms with Gasteiger partial charge in [-0.2, -0.15) is 13.2 Å². The fourth-order valence-corrected chi connectivity index (χ4v) is 4.61. The number of rotatable bonds is 8. The van der Waals surface area contributed by atoms with Crippen LogP contribution in [0.3, 0.4) is 0 Å². The van der Waals surface area contributed by atoms with Crippen LogP contribution in [0.15, 0.2) is 66.7 Å². The average molecular weight is 599 g/mol. The number of alkyl halides is 3. The molecule has 0 aliphatic rings. The molecular weight excluding hydrogens is 569 g/mol. The molecule has 220 valence electrons. The van der Waals surface area contributed by atoms with Gasteiger partial charge in [-0.05, 0) is 66.6 Å². The highest BCUT2D eigenvalue weighted by atomic mass is 35.5. The molecule has 7 nitrogen and oxygen atoms in total. The van der Waals surface area contributed by atoms with Crippen molar-refractivity contribution >= 4 is 45.9 Å². The maximum absolute atomic E-state index is 13.1. The largest absolute Gasteiger partial charge is 0.416 e. The molecule has 3 N–H and O–H groups in total. The van der Waals surface area contributed by atoms with Crippen LogP contribution in [0.5, 0.6) is 0 Å². The number of carbonyl (C=O) groups is 3. The Labute approximate surface area is 246 Å². The summed E-state index contributed by atoms with van der Waals surface area (Å²) in [7, 11) is 1.72. The Morgan fingerprint density at radius 1 is 0.905 bits per heavy atom. The Morgan fingerprint density at radius 2 is 1.60 bits per heavy atom. The second kappa shape index (κ2) is 12.3. The minimum Gasteiger partial charge on any atom is -0.352 e. The van der Waals surface area contributed by atoms with E-state index in [2.05, 4.69) is 16.0 Å². The predicted molar refractivity (Wildman–Crippen MR) is 156 cm³/mol. The maximum atomic E-state index is 13.1. The zero-order valence-electron chi connectivity index (χ0n) is 23.4. The van der Waals surface area contributed by atoms with E-state index < -0.39 is 29.6 Å². The number of carbonyl (C=O) groups excluding carboxylic acids is 3. The number of anilines is 1. The Kier molecular flexibility index (Phi) is 8.96. The number of hydrogen-bond acceptors (Lipinski definition) is 3. The van der Waals surface area contributed by atoms with Gasteiger partial charge in [-0.25, -0.2) is 0 Å². The lowest BCUT2D eigenvalue weighted by Gasteiger charge is -2.16. The quantitative estimate of drug-likeness (QED) is 0.207. The number of hydrogen-bond donors (Lipinski definition) is 3. The third-order valence-corrected chi connectivity index (χ3v) is 7.21. The molecule has 0 spiro atoms. The van der Waals surface area contributed by atoms with Crippen LogP contribution in [0, 0.1) is 5.92 Å². The Morgan fingerprint density at radius 3 is 2.24 bits per heavy atom. The number of fused-ring (bicyclic) bond motifs is 1. The van der Waals surface area contributed by atoms with Crippen molar-refractivity contribution in [2.75, 3.05) is 5.32 Å². The number of aryl methyl sites for hydroxylation is 1. The molecule has 1 heterocycles. The molecular formula is C31H30ClF3N4O3. The number of aromatic nitrogens is 1. The van der Waals surface area contributed by atoms with E-state index in [-0.39, 0.29) is 29.0 Å². The van der Waals surface area contributed by atoms with E-state index in [1.165, 1.54) is 12.1 Å². The Balaban J connectivity index is 1.47. The minimum absolute atomic E-state index is 0.103. The highest BCUT2D eigenvalue weighted by molar-refractivity contribution is 6.34. The summed E-state index contributed by atoms with van der Waals surface area (Å²) < 4.78 is 40.3. The molecule has 0 radical (unpaired) electrons. The SMILES string of the molecule is CC(C)C(=O)NCc1ccc(Cl)c(C(=O)Nc2ccc3c(c2)cc(C(=O)NC(C)c2ccc(C(F)(F)F)cc2)n3C)c1. The van der Waals surface area contributed by atoms with Gasteiger partial charge in [0, 0.05) is 36.1 Å². The standard InChI is InChI=1S/C31H30ClF3N4O3/c1-17(2)28(40)36-16-19-5-11-25(32)24(13-19)29(41)38-23-10-12-26-21(14-23)15-27(39(26)4)30(42)37-18(3)20-6-8-22(9-7-20)31(33,34)35/h5-15,17-18H,16H2,1-4H3,(H,36,40)(H,37,42)(H,38,41). The van der Waals surface area contributed by atoms with Gasteiger partial charge in [0.1, 0.15) is 5.69 Å². The van der Waals surface area contributed by atoms with Gasteiger partial charge in [0.05, 0.1) is 22.2 Å². The van der Waals surface area contributed by atoms with Gasteiger partial charge in [0.15, 0.2) is 0 Å². The van der Waals surface area contributed by atoms with Gasteiger partial charge < -0.3 is 20.5 Å². The van der Waals surface area contributed by atoms with Crippen LogP contribution in [0.1, 0.15) is 64.3 Å². The topological polar surface area (TPSA) is 92.2 Å². The molecule has 1 aromatic heterocycles. The molecule has 1 unspecified atom stereocenters. The summed E-state index contributed by atoms with van der Waals surface area (Å²) in [6, 6.07) is 15.9. The number of nitrogens with zero attached hydrogens (tertiary/aromatic N) is 1. The van der Waals surface area contributed by atoms with E-state index in [1.807, 2.05) is 0 Å². The summed E-state index contributed by atoms with van der Waals surface area (Å²) in [6.45, 7) is 5.53. The monoisotopic (exact) mass is 598 g/mol. The van der Waals surface area contributed by atoms with Crippen molar-refractivity contribution in [3.8, 4) is 0 Å². The lowest BCUT2D eigenvalue weighted by molar-refractivity contribution is -0.137. The lowest BCUT2D eigenvalue weighted by atomic mass is 10.1. The molecule has 0 aliphatic heterocycles. The maximum Gasteiger partial charge on any atom is 0.416 e. The Bertz CT molecular complexity index is 1650. The van der Waals surface area contributed by atoms with Crippen LogP contribution in [0.4, 0.5) is 18.9 Å². The third-order valence-electron chi connectivity index (χ3n) is 6.89. The van der Waals surface area contributed by atoms with Crippen LogP contribution in [-0.4, -0.2) is 22.3 Å². The molecule has 3 aromatic carbocycles. The number of halogens is 4. The normalized spacial score (nSPS) is 12.3. The van der Waals surface area contributed by atoms with Gasteiger partial charge in [-0.1, -0.05) is 43.6 Å². The van der Waals surface area contributed by atoms with Gasteiger partial charge in [-0.15, -0.1) is 0 Å². The second-order valence-corrected chi connectivity index (χ2v) is 10.7. The van der Waals surface area contributed by atoms with Crippen molar-refractivity contribution in [2.24, 2.45) is 13.0 Å². The molecule has 11 heteroatoms. The van der Waals surface area contributed by atoms with Gasteiger partial charge in [0.2, 0.25) is 5.91 Å². The summed E-state index contributed by atoms with van der Waals surface area (Å²) in [6.07, 6.45) is -4.44. The summed E-state index contributed by atoms with van der Waals surface area (Å²) >= 11 is 6.29. The number of nitrogens with one attached hydrogen (secondary N) is 3. The zero-order chi connectivity index (χ0) is 30.8. The van der Waals surface area contributed by atoms with Gasteiger partial charge in [-0.3, -0.25) is 14.4 Å². The van der Waals surface area contributed by atoms with E-state index in [0.29, 0.717) is 22.3 Å². The van der Waals surface area contributed by atoms with E-state index in [4.69, 9.17) is 11.6 Å². The molecule has 0 saturated carbocycles. The third kappa shape index (κ3) is 6.94. The summed E-state index contributed by atoms with van der Waals surface area (Å²) in [5, 5.41) is 9.41. The molecule has 0 fully saturated rings. The van der Waals surface area contributed by atoms with Crippen molar-refractivity contribution in [3.05, 3.63) is 99.7 Å². The Hall–Kier alpha value is -4.31. The van der Waals surface area contributed by atoms with E-state index in [9.17, 15) is 27.6 Å². The first-order valence-corrected chi connectivity index (χ1v) is 13.6. The van der Waals surface area contributed by atoms with Crippen molar-refractivity contribution in [2.45, 2.75) is 39.5 Å². The van der Waals surface area contributed by atoms with Gasteiger partial charge in [0.25, 0.3) is 11.8 Å². The first-order valence-electron chi connectivity index (χ1n) is 13.2. The fraction of sp³-hybridized carbons (Fsp3) is 0.258. The second-order valence-electron chi connectivity index (χ2n) is 10.3. The van der Waals surface area contributed by atoms with Crippen LogP contribution < -0.4 is 16.0 Å². The lowest BCUT2D eigenvalue weighted by Crippen LogP contribution is -2.28. The van der Waals surface area contributed by atoms with Crippen molar-refractivity contribution in [1.29, 1.82) is 0 Å². The zero-order valence-corrected chi connectivity index (χ0v) is 24.2. The molecule has 42 heavy (non-hydrogen) atoms. The fourth-order valence-electron chi connectivity index (χ4n) is 4.41. The van der Waals surface area contributed by atoms with Crippen LogP contribution in [-0.2, 0) is 24.6 Å². The molecule has 3 amide bonds. The van der Waals surface area contributed by atoms with E-state index >= 15 is 0 Å². The summed E-state index contributed by atoms with van der Waals surface area (Å²) in [5.74, 6) is -1.10. The number of amides is 3. The summed E-state index contributed by atoms with van der Waals surface area (Å²) in [4.78, 5) is 38.0. The average Bonchev–Trinajstić information content (AvgIpc) is 3.27. The molecule has 4 rings (SSSR count). The van der Waals surface area contributed by atoms with E-state index in [1.54, 1.807) is 74.9 Å². The van der Waals surface area contributed by atoms with Crippen molar-refractivity contribution < 1.29 is 27.6 Å². The van der Waals surface area contributed by atoms with Crippen molar-refractivity contribution in [1.82, 2.24) is 15.2 Å². The predicted octanol–water partition coefficient (Wildman–Crippen LogP) is 6.87. The minimum atomic E-state index is -4.44. The van der Waals surface area contributed by atoms with Crippen molar-refractivity contribution in [3.63, 3.8) is 0 Å². The number of benzene rings is 3. The smallest absolute Gasteiger partial charge is 0.352 e. The molecule has 0 aliphatic carbocycles.